The molecule has 0 radical (unpaired) electrons. The summed E-state index contributed by atoms with van der Waals surface area (Å²) in [6.45, 7) is 1.92. The Kier molecular flexibility index (Phi) is 4.45. The van der Waals surface area contributed by atoms with Crippen molar-refractivity contribution in [2.75, 3.05) is 4.90 Å². The van der Waals surface area contributed by atoms with Gasteiger partial charge < -0.3 is 0 Å². The van der Waals surface area contributed by atoms with Crippen molar-refractivity contribution in [1.29, 1.82) is 0 Å². The highest BCUT2D eigenvalue weighted by Crippen LogP contribution is 2.36. The van der Waals surface area contributed by atoms with E-state index in [4.69, 9.17) is 0 Å². The molecule has 1 aliphatic heterocycles. The Morgan fingerprint density at radius 1 is 0.750 bits per heavy atom. The van der Waals surface area contributed by atoms with E-state index in [0.717, 1.165) is 5.56 Å². The van der Waals surface area contributed by atoms with Crippen LogP contribution in [0.4, 0.5) is 5.69 Å². The Morgan fingerprint density at radius 3 is 1.93 bits per heavy atom. The quantitative estimate of drug-likeness (QED) is 0.300. The molecular weight excluding hydrogens is 352 g/mol. The van der Waals surface area contributed by atoms with Crippen LogP contribution in [0.25, 0.3) is 5.70 Å². The van der Waals surface area contributed by atoms with Crippen molar-refractivity contribution in [1.82, 2.24) is 0 Å². The number of anilines is 1. The number of hydrogen-bond acceptors (Lipinski definition) is 3. The molecule has 0 aromatic heterocycles. The number of carbonyl (C=O) groups excluding carboxylic acids is 3. The summed E-state index contributed by atoms with van der Waals surface area (Å²) in [5.74, 6) is -1.95. The van der Waals surface area contributed by atoms with E-state index in [0.29, 0.717) is 22.5 Å². The van der Waals surface area contributed by atoms with Crippen molar-refractivity contribution in [3.05, 3.63) is 107 Å². The second-order valence-electron chi connectivity index (χ2n) is 6.59. The molecule has 3 aromatic carbocycles. The van der Waals surface area contributed by atoms with Crippen LogP contribution in [0.2, 0.25) is 0 Å². The van der Waals surface area contributed by atoms with Gasteiger partial charge in [-0.3, -0.25) is 19.3 Å². The summed E-state index contributed by atoms with van der Waals surface area (Å²) < 4.78 is 0. The van der Waals surface area contributed by atoms with Crippen molar-refractivity contribution in [2.24, 2.45) is 0 Å². The Labute approximate surface area is 162 Å². The number of rotatable bonds is 4. The smallest absolute Gasteiger partial charge is 0.288 e. The van der Waals surface area contributed by atoms with Crippen LogP contribution in [-0.4, -0.2) is 17.5 Å². The van der Waals surface area contributed by atoms with E-state index in [1.165, 1.54) is 4.90 Å². The normalized spacial score (nSPS) is 14.0. The molecule has 136 valence electrons. The van der Waals surface area contributed by atoms with Crippen molar-refractivity contribution >= 4 is 28.9 Å². The van der Waals surface area contributed by atoms with Crippen molar-refractivity contribution < 1.29 is 14.4 Å². The van der Waals surface area contributed by atoms with Gasteiger partial charge in [-0.1, -0.05) is 78.4 Å². The topological polar surface area (TPSA) is 54.5 Å². The van der Waals surface area contributed by atoms with E-state index in [-0.39, 0.29) is 5.57 Å². The Hall–Kier alpha value is -3.79. The summed E-state index contributed by atoms with van der Waals surface area (Å²) in [6.07, 6.45) is 0. The van der Waals surface area contributed by atoms with Crippen LogP contribution in [-0.2, 0) is 9.59 Å². The maximum Gasteiger partial charge on any atom is 0.304 e. The first-order valence-electron chi connectivity index (χ1n) is 8.93. The van der Waals surface area contributed by atoms with Gasteiger partial charge in [0.15, 0.2) is 5.78 Å². The molecule has 0 aliphatic carbocycles. The number of aryl methyl sites for hydroxylation is 1. The number of carbonyl (C=O) groups is 3. The molecule has 0 saturated carbocycles. The van der Waals surface area contributed by atoms with E-state index in [1.54, 1.807) is 48.5 Å². The lowest BCUT2D eigenvalue weighted by Crippen LogP contribution is -2.28. The summed E-state index contributed by atoms with van der Waals surface area (Å²) in [5, 5.41) is 0. The van der Waals surface area contributed by atoms with Gasteiger partial charge in [-0.2, -0.15) is 0 Å². The van der Waals surface area contributed by atoms with Crippen LogP contribution < -0.4 is 4.90 Å². The highest BCUT2D eigenvalue weighted by Gasteiger charge is 2.43. The van der Waals surface area contributed by atoms with Gasteiger partial charge in [0.1, 0.15) is 5.57 Å². The number of para-hydroxylation sites is 1. The van der Waals surface area contributed by atoms with Gasteiger partial charge in [-0.25, -0.2) is 0 Å². The average Bonchev–Trinajstić information content (AvgIpc) is 3.00. The molecule has 0 N–H and O–H groups in total. The number of amides is 1. The second kappa shape index (κ2) is 7.08. The van der Waals surface area contributed by atoms with Crippen LogP contribution in [0.3, 0.4) is 0 Å². The number of nitrogens with zero attached hydrogens (tertiary/aromatic N) is 1. The van der Waals surface area contributed by atoms with Gasteiger partial charge in [-0.15, -0.1) is 0 Å². The van der Waals surface area contributed by atoms with Gasteiger partial charge in [0.05, 0.1) is 5.70 Å². The lowest BCUT2D eigenvalue weighted by atomic mass is 10.0. The summed E-state index contributed by atoms with van der Waals surface area (Å²) >= 11 is 0. The zero-order valence-corrected chi connectivity index (χ0v) is 15.3. The predicted molar refractivity (Wildman–Crippen MR) is 108 cm³/mol. The fraction of sp³-hybridized carbons (Fsp3) is 0.0417. The molecule has 4 heteroatoms. The highest BCUT2D eigenvalue weighted by molar-refractivity contribution is 6.61. The molecule has 0 bridgehead atoms. The lowest BCUT2D eigenvalue weighted by Gasteiger charge is -2.20. The van der Waals surface area contributed by atoms with Crippen LogP contribution in [0.5, 0.6) is 0 Å². The second-order valence-corrected chi connectivity index (χ2v) is 6.59. The molecule has 1 heterocycles. The minimum Gasteiger partial charge on any atom is -0.288 e. The van der Waals surface area contributed by atoms with Gasteiger partial charge in [0, 0.05) is 11.3 Å². The molecule has 0 atom stereocenters. The molecule has 0 unspecified atom stereocenters. The third-order valence-corrected chi connectivity index (χ3v) is 4.69. The van der Waals surface area contributed by atoms with E-state index >= 15 is 0 Å². The minimum absolute atomic E-state index is 0.0936. The average molecular weight is 369 g/mol. The molecule has 4 rings (SSSR count). The molecule has 0 fully saturated rings. The van der Waals surface area contributed by atoms with Crippen molar-refractivity contribution in [3.63, 3.8) is 0 Å². The van der Waals surface area contributed by atoms with Gasteiger partial charge in [0.25, 0.3) is 5.78 Å². The molecule has 28 heavy (non-hydrogen) atoms. The molecule has 0 spiro atoms. The van der Waals surface area contributed by atoms with Crippen LogP contribution >= 0.6 is 0 Å². The number of ketones is 2. The molecule has 1 aliphatic rings. The lowest BCUT2D eigenvalue weighted by molar-refractivity contribution is -0.132. The highest BCUT2D eigenvalue weighted by atomic mass is 16.3. The first-order chi connectivity index (χ1) is 13.6. The summed E-state index contributed by atoms with van der Waals surface area (Å²) in [7, 11) is 0. The molecule has 0 saturated heterocycles. The Morgan fingerprint density at radius 2 is 1.32 bits per heavy atom. The van der Waals surface area contributed by atoms with Crippen LogP contribution in [0, 0.1) is 6.92 Å². The van der Waals surface area contributed by atoms with Crippen LogP contribution in [0.15, 0.2) is 90.5 Å². The molecule has 3 aromatic rings. The number of Topliss-reactive ketones (excluding diaryl/α,β-unsaturated/α-hetero) is 2. The zero-order valence-electron chi connectivity index (χ0n) is 15.3. The monoisotopic (exact) mass is 369 g/mol. The largest absolute Gasteiger partial charge is 0.304 e. The van der Waals surface area contributed by atoms with Gasteiger partial charge >= 0.3 is 5.91 Å². The summed E-state index contributed by atoms with van der Waals surface area (Å²) in [5.41, 5.74) is 2.81. The van der Waals surface area contributed by atoms with E-state index in [1.807, 2.05) is 43.3 Å². The van der Waals surface area contributed by atoms with Crippen molar-refractivity contribution in [3.8, 4) is 0 Å². The fourth-order valence-electron chi connectivity index (χ4n) is 3.28. The van der Waals surface area contributed by atoms with Gasteiger partial charge in [0.2, 0.25) is 0 Å². The number of hydrogen-bond donors (Lipinski definition) is 0. The van der Waals surface area contributed by atoms with E-state index in [9.17, 15) is 14.4 Å². The van der Waals surface area contributed by atoms with E-state index in [2.05, 4.69) is 0 Å². The molecule has 1 amide bonds. The third kappa shape index (κ3) is 2.95. The predicted octanol–water partition coefficient (Wildman–Crippen LogP) is 4.20. The Balaban J connectivity index is 1.94. The fourth-order valence-corrected chi connectivity index (χ4v) is 3.28. The van der Waals surface area contributed by atoms with E-state index < -0.39 is 17.5 Å². The number of benzene rings is 3. The summed E-state index contributed by atoms with van der Waals surface area (Å²) in [4.78, 5) is 40.3. The summed E-state index contributed by atoms with van der Waals surface area (Å²) in [6, 6.07) is 24.9. The zero-order chi connectivity index (χ0) is 19.7. The molecule has 4 nitrogen and oxygen atoms in total. The molecular formula is C24H17NO3. The van der Waals surface area contributed by atoms with Crippen LogP contribution in [0.1, 0.15) is 21.5 Å². The standard InChI is InChI=1S/C24H17NO3/c1-16-12-14-18(15-13-16)22(26)20-21(17-8-4-2-5-9-17)25(24(28)23(20)27)19-10-6-3-7-11-19/h2-15H,1H3/i23+1,24+1. The SMILES string of the molecule is Cc1ccc(C(=O)C2=C(c3ccccc3)N(c3ccccc3)[13C](=O)[13C]2=O)cc1. The maximum atomic E-state index is 13.2. The third-order valence-electron chi connectivity index (χ3n) is 4.69. The van der Waals surface area contributed by atoms with Crippen molar-refractivity contribution in [2.45, 2.75) is 6.92 Å². The first-order valence-corrected chi connectivity index (χ1v) is 8.93. The van der Waals surface area contributed by atoms with Gasteiger partial charge in [-0.05, 0) is 24.6 Å². The maximum absolute atomic E-state index is 13.2. The Bertz CT molecular complexity index is 1100. The first kappa shape index (κ1) is 17.6. The minimum atomic E-state index is -0.784.